The third-order valence-electron chi connectivity index (χ3n) is 5.82. The van der Waals surface area contributed by atoms with Crippen LogP contribution in [0.1, 0.15) is 54.0 Å². The molecule has 132 valence electrons. The third kappa shape index (κ3) is 3.21. The molecular weight excluding hydrogens is 312 g/mol. The van der Waals surface area contributed by atoms with Gasteiger partial charge in [-0.15, -0.1) is 0 Å². The molecule has 0 bridgehead atoms. The highest BCUT2D eigenvalue weighted by atomic mass is 14.3. The standard InChI is InChI=1S/C26H28/c1-3-9-19-14-15-26-22(16-19)18-23(17-21-11-6-8-13-25(21)26)24-12-7-5-10-20(24)4-2/h5-8,10-16,23H,3-4,9,17-18H2,1-2H3. The minimum absolute atomic E-state index is 0.561. The second kappa shape index (κ2) is 7.50. The summed E-state index contributed by atoms with van der Waals surface area (Å²) in [6, 6.07) is 25.2. The number of rotatable bonds is 4. The molecule has 0 aliphatic heterocycles. The molecule has 1 aliphatic rings. The van der Waals surface area contributed by atoms with Crippen molar-refractivity contribution in [2.45, 2.75) is 51.9 Å². The zero-order chi connectivity index (χ0) is 17.9. The zero-order valence-corrected chi connectivity index (χ0v) is 16.0. The lowest BCUT2D eigenvalue weighted by molar-refractivity contribution is 0.680. The maximum absolute atomic E-state index is 2.47. The van der Waals surface area contributed by atoms with Gasteiger partial charge in [0.05, 0.1) is 0 Å². The Bertz CT molecular complexity index is 903. The average molecular weight is 341 g/mol. The molecule has 3 aromatic carbocycles. The van der Waals surface area contributed by atoms with Gasteiger partial charge in [0.1, 0.15) is 0 Å². The number of fused-ring (bicyclic) bond motifs is 3. The van der Waals surface area contributed by atoms with Crippen LogP contribution in [-0.4, -0.2) is 0 Å². The van der Waals surface area contributed by atoms with E-state index < -0.39 is 0 Å². The van der Waals surface area contributed by atoms with Crippen LogP contribution in [0.2, 0.25) is 0 Å². The molecule has 3 aromatic rings. The van der Waals surface area contributed by atoms with Crippen LogP contribution in [0.3, 0.4) is 0 Å². The summed E-state index contributed by atoms with van der Waals surface area (Å²) in [6.07, 6.45) is 5.75. The Labute approximate surface area is 157 Å². The largest absolute Gasteiger partial charge is 0.0651 e. The van der Waals surface area contributed by atoms with Gasteiger partial charge >= 0.3 is 0 Å². The van der Waals surface area contributed by atoms with Gasteiger partial charge in [0, 0.05) is 0 Å². The summed E-state index contributed by atoms with van der Waals surface area (Å²) in [5.41, 5.74) is 10.4. The van der Waals surface area contributed by atoms with Crippen molar-refractivity contribution in [1.29, 1.82) is 0 Å². The number of aryl methyl sites for hydroxylation is 2. The van der Waals surface area contributed by atoms with Crippen molar-refractivity contribution in [3.05, 3.63) is 94.5 Å². The van der Waals surface area contributed by atoms with E-state index in [1.165, 1.54) is 46.2 Å². The molecule has 0 heteroatoms. The van der Waals surface area contributed by atoms with Crippen LogP contribution in [-0.2, 0) is 25.7 Å². The van der Waals surface area contributed by atoms with Gasteiger partial charge in [0.25, 0.3) is 0 Å². The quantitative estimate of drug-likeness (QED) is 0.493. The minimum Gasteiger partial charge on any atom is -0.0651 e. The molecule has 0 fully saturated rings. The highest BCUT2D eigenvalue weighted by molar-refractivity contribution is 5.72. The van der Waals surface area contributed by atoms with Crippen molar-refractivity contribution >= 4 is 0 Å². The number of hydrogen-bond donors (Lipinski definition) is 0. The first kappa shape index (κ1) is 17.1. The van der Waals surface area contributed by atoms with Crippen LogP contribution >= 0.6 is 0 Å². The molecule has 1 aliphatic carbocycles. The summed E-state index contributed by atoms with van der Waals surface area (Å²) in [4.78, 5) is 0. The van der Waals surface area contributed by atoms with Crippen LogP contribution in [0.4, 0.5) is 0 Å². The molecular formula is C26H28. The average Bonchev–Trinajstić information content (AvgIpc) is 2.84. The fraction of sp³-hybridized carbons (Fsp3) is 0.308. The molecule has 26 heavy (non-hydrogen) atoms. The topological polar surface area (TPSA) is 0 Å². The maximum Gasteiger partial charge on any atom is -0.00779 e. The van der Waals surface area contributed by atoms with Crippen LogP contribution < -0.4 is 0 Å². The lowest BCUT2D eigenvalue weighted by Gasteiger charge is -2.19. The monoisotopic (exact) mass is 340 g/mol. The zero-order valence-electron chi connectivity index (χ0n) is 16.0. The van der Waals surface area contributed by atoms with E-state index in [0.717, 1.165) is 19.3 Å². The molecule has 0 saturated carbocycles. The summed E-state index contributed by atoms with van der Waals surface area (Å²) >= 11 is 0. The first-order valence-corrected chi connectivity index (χ1v) is 10.1. The summed E-state index contributed by atoms with van der Waals surface area (Å²) < 4.78 is 0. The van der Waals surface area contributed by atoms with Gasteiger partial charge in [-0.1, -0.05) is 87.0 Å². The summed E-state index contributed by atoms with van der Waals surface area (Å²) in [5, 5.41) is 0. The molecule has 0 aromatic heterocycles. The predicted molar refractivity (Wildman–Crippen MR) is 112 cm³/mol. The molecule has 0 heterocycles. The van der Waals surface area contributed by atoms with Gasteiger partial charge in [-0.25, -0.2) is 0 Å². The Morgan fingerprint density at radius 2 is 1.50 bits per heavy atom. The normalized spacial score (nSPS) is 15.8. The molecule has 4 rings (SSSR count). The van der Waals surface area contributed by atoms with E-state index >= 15 is 0 Å². The second-order valence-corrected chi connectivity index (χ2v) is 7.56. The summed E-state index contributed by atoms with van der Waals surface area (Å²) in [7, 11) is 0. The summed E-state index contributed by atoms with van der Waals surface area (Å²) in [6.45, 7) is 4.54. The van der Waals surface area contributed by atoms with Crippen molar-refractivity contribution in [3.63, 3.8) is 0 Å². The van der Waals surface area contributed by atoms with Crippen molar-refractivity contribution in [3.8, 4) is 11.1 Å². The molecule has 0 saturated heterocycles. The van der Waals surface area contributed by atoms with Crippen LogP contribution in [0.15, 0.2) is 66.7 Å². The van der Waals surface area contributed by atoms with E-state index in [2.05, 4.69) is 80.6 Å². The van der Waals surface area contributed by atoms with Gasteiger partial charge < -0.3 is 0 Å². The van der Waals surface area contributed by atoms with E-state index in [9.17, 15) is 0 Å². The van der Waals surface area contributed by atoms with Crippen molar-refractivity contribution in [2.75, 3.05) is 0 Å². The van der Waals surface area contributed by atoms with Crippen LogP contribution in [0.5, 0.6) is 0 Å². The molecule has 0 spiro atoms. The van der Waals surface area contributed by atoms with Gasteiger partial charge in [0.15, 0.2) is 0 Å². The number of hydrogen-bond acceptors (Lipinski definition) is 0. The highest BCUT2D eigenvalue weighted by Gasteiger charge is 2.23. The van der Waals surface area contributed by atoms with E-state index in [0.29, 0.717) is 5.92 Å². The second-order valence-electron chi connectivity index (χ2n) is 7.56. The Morgan fingerprint density at radius 1 is 0.769 bits per heavy atom. The van der Waals surface area contributed by atoms with E-state index in [4.69, 9.17) is 0 Å². The van der Waals surface area contributed by atoms with Crippen molar-refractivity contribution < 1.29 is 0 Å². The molecule has 0 amide bonds. The molecule has 1 atom stereocenters. The molecule has 0 N–H and O–H groups in total. The van der Waals surface area contributed by atoms with E-state index in [-0.39, 0.29) is 0 Å². The Kier molecular flexibility index (Phi) is 4.93. The first-order chi connectivity index (χ1) is 12.8. The SMILES string of the molecule is CCCc1ccc2c(c1)CC(c1ccccc1CC)Cc1ccccc1-2. The summed E-state index contributed by atoms with van der Waals surface area (Å²) in [5.74, 6) is 0.561. The Balaban J connectivity index is 1.85. The van der Waals surface area contributed by atoms with Gasteiger partial charge in [-0.05, 0) is 70.5 Å². The fourth-order valence-electron chi connectivity index (χ4n) is 4.56. The number of benzene rings is 3. The van der Waals surface area contributed by atoms with Gasteiger partial charge in [-0.3, -0.25) is 0 Å². The maximum atomic E-state index is 2.47. The molecule has 0 nitrogen and oxygen atoms in total. The lowest BCUT2D eigenvalue weighted by atomic mass is 9.85. The van der Waals surface area contributed by atoms with Crippen LogP contribution in [0.25, 0.3) is 11.1 Å². The van der Waals surface area contributed by atoms with Gasteiger partial charge in [-0.2, -0.15) is 0 Å². The first-order valence-electron chi connectivity index (χ1n) is 10.1. The third-order valence-corrected chi connectivity index (χ3v) is 5.82. The lowest BCUT2D eigenvalue weighted by Crippen LogP contribution is -2.08. The van der Waals surface area contributed by atoms with Crippen molar-refractivity contribution in [2.24, 2.45) is 0 Å². The Morgan fingerprint density at radius 3 is 2.35 bits per heavy atom. The van der Waals surface area contributed by atoms with Gasteiger partial charge in [0.2, 0.25) is 0 Å². The smallest absolute Gasteiger partial charge is 0.00779 e. The van der Waals surface area contributed by atoms with E-state index in [1.54, 1.807) is 5.56 Å². The Hall–Kier alpha value is -2.34. The fourth-order valence-corrected chi connectivity index (χ4v) is 4.56. The molecule has 1 unspecified atom stereocenters. The van der Waals surface area contributed by atoms with Crippen LogP contribution in [0, 0.1) is 0 Å². The van der Waals surface area contributed by atoms with Crippen molar-refractivity contribution in [1.82, 2.24) is 0 Å². The predicted octanol–water partition coefficient (Wildman–Crippen LogP) is 6.75. The minimum atomic E-state index is 0.561. The molecule has 0 radical (unpaired) electrons. The highest BCUT2D eigenvalue weighted by Crippen LogP contribution is 2.39. The van der Waals surface area contributed by atoms with E-state index in [1.807, 2.05) is 0 Å².